The van der Waals surface area contributed by atoms with Crippen LogP contribution in [-0.2, 0) is 23.2 Å². The molecule has 2 amide bonds. The first-order valence-electron chi connectivity index (χ1n) is 9.08. The van der Waals surface area contributed by atoms with Crippen LogP contribution in [0.4, 0.5) is 5.13 Å². The van der Waals surface area contributed by atoms with E-state index in [1.807, 2.05) is 55.9 Å². The molecule has 2 aromatic heterocycles. The van der Waals surface area contributed by atoms with Gasteiger partial charge in [-0.2, -0.15) is 5.10 Å². The van der Waals surface area contributed by atoms with E-state index in [0.717, 1.165) is 22.5 Å². The number of aromatic nitrogens is 3. The SMILES string of the molecule is Cc1nn(C)cc1-c1csc(NC(=O)C2CC(=O)N(Cc3ccccc3)C2)n1. The number of nitrogens with one attached hydrogen (secondary N) is 1. The number of likely N-dealkylation sites (tertiary alicyclic amines) is 1. The summed E-state index contributed by atoms with van der Waals surface area (Å²) in [4.78, 5) is 31.2. The fourth-order valence-electron chi connectivity index (χ4n) is 3.42. The highest BCUT2D eigenvalue weighted by Crippen LogP contribution is 2.28. The maximum absolute atomic E-state index is 12.6. The Labute approximate surface area is 167 Å². The highest BCUT2D eigenvalue weighted by atomic mass is 32.1. The molecule has 0 radical (unpaired) electrons. The number of nitrogens with zero attached hydrogens (tertiary/aromatic N) is 4. The van der Waals surface area contributed by atoms with Gasteiger partial charge in [0.15, 0.2) is 5.13 Å². The molecule has 1 aliphatic rings. The second-order valence-electron chi connectivity index (χ2n) is 6.99. The van der Waals surface area contributed by atoms with Crippen molar-refractivity contribution in [2.24, 2.45) is 13.0 Å². The van der Waals surface area contributed by atoms with Crippen molar-refractivity contribution in [1.82, 2.24) is 19.7 Å². The minimum Gasteiger partial charge on any atom is -0.338 e. The fraction of sp³-hybridized carbons (Fsp3) is 0.300. The summed E-state index contributed by atoms with van der Waals surface area (Å²) in [7, 11) is 1.86. The summed E-state index contributed by atoms with van der Waals surface area (Å²) in [6, 6.07) is 9.81. The second-order valence-corrected chi connectivity index (χ2v) is 7.85. The van der Waals surface area contributed by atoms with Crippen LogP contribution in [0, 0.1) is 12.8 Å². The topological polar surface area (TPSA) is 80.1 Å². The number of anilines is 1. The Morgan fingerprint density at radius 1 is 1.32 bits per heavy atom. The van der Waals surface area contributed by atoms with Gasteiger partial charge in [0.05, 0.1) is 17.3 Å². The van der Waals surface area contributed by atoms with E-state index in [4.69, 9.17) is 0 Å². The minimum atomic E-state index is -0.358. The Bertz CT molecular complexity index is 1010. The highest BCUT2D eigenvalue weighted by Gasteiger charge is 2.34. The van der Waals surface area contributed by atoms with Crippen molar-refractivity contribution in [1.29, 1.82) is 0 Å². The van der Waals surface area contributed by atoms with E-state index in [9.17, 15) is 9.59 Å². The summed E-state index contributed by atoms with van der Waals surface area (Å²) in [5, 5.41) is 9.63. The molecule has 0 aliphatic carbocycles. The van der Waals surface area contributed by atoms with Gasteiger partial charge in [-0.25, -0.2) is 4.98 Å². The molecular weight excluding hydrogens is 374 g/mol. The van der Waals surface area contributed by atoms with Gasteiger partial charge in [0, 0.05) is 43.7 Å². The number of hydrogen-bond acceptors (Lipinski definition) is 5. The van der Waals surface area contributed by atoms with Crippen molar-refractivity contribution in [3.63, 3.8) is 0 Å². The lowest BCUT2D eigenvalue weighted by Crippen LogP contribution is -2.28. The van der Waals surface area contributed by atoms with Crippen LogP contribution >= 0.6 is 11.3 Å². The van der Waals surface area contributed by atoms with Crippen molar-refractivity contribution in [2.75, 3.05) is 11.9 Å². The molecule has 8 heteroatoms. The quantitative estimate of drug-likeness (QED) is 0.720. The first-order chi connectivity index (χ1) is 13.5. The summed E-state index contributed by atoms with van der Waals surface area (Å²) in [5.41, 5.74) is 3.69. The van der Waals surface area contributed by atoms with Gasteiger partial charge >= 0.3 is 0 Å². The molecule has 1 unspecified atom stereocenters. The summed E-state index contributed by atoms with van der Waals surface area (Å²) in [6.45, 7) is 2.89. The molecule has 3 aromatic rings. The molecule has 1 atom stereocenters. The third-order valence-electron chi connectivity index (χ3n) is 4.83. The normalized spacial score (nSPS) is 16.6. The molecule has 3 heterocycles. The van der Waals surface area contributed by atoms with Gasteiger partial charge in [0.25, 0.3) is 0 Å². The first-order valence-corrected chi connectivity index (χ1v) is 9.96. The molecule has 1 aliphatic heterocycles. The molecular formula is C20H21N5O2S. The van der Waals surface area contributed by atoms with Crippen molar-refractivity contribution < 1.29 is 9.59 Å². The number of hydrogen-bond donors (Lipinski definition) is 1. The Kier molecular flexibility index (Phi) is 4.95. The Hall–Kier alpha value is -3.00. The van der Waals surface area contributed by atoms with E-state index in [0.29, 0.717) is 18.2 Å². The molecule has 0 bridgehead atoms. The van der Waals surface area contributed by atoms with Gasteiger partial charge in [-0.1, -0.05) is 30.3 Å². The van der Waals surface area contributed by atoms with Crippen LogP contribution in [0.3, 0.4) is 0 Å². The average Bonchev–Trinajstić information content (AvgIpc) is 3.36. The van der Waals surface area contributed by atoms with E-state index >= 15 is 0 Å². The highest BCUT2D eigenvalue weighted by molar-refractivity contribution is 7.14. The maximum Gasteiger partial charge on any atom is 0.231 e. The molecule has 28 heavy (non-hydrogen) atoms. The molecule has 0 spiro atoms. The third kappa shape index (κ3) is 3.82. The van der Waals surface area contributed by atoms with E-state index in [2.05, 4.69) is 15.4 Å². The Morgan fingerprint density at radius 3 is 2.82 bits per heavy atom. The average molecular weight is 395 g/mol. The Morgan fingerprint density at radius 2 is 2.11 bits per heavy atom. The van der Waals surface area contributed by atoms with Crippen molar-refractivity contribution in [3.05, 3.63) is 53.2 Å². The number of benzene rings is 1. The zero-order valence-corrected chi connectivity index (χ0v) is 16.6. The number of aryl methyl sites for hydroxylation is 2. The van der Waals surface area contributed by atoms with E-state index < -0.39 is 0 Å². The molecule has 1 saturated heterocycles. The third-order valence-corrected chi connectivity index (χ3v) is 5.58. The zero-order chi connectivity index (χ0) is 19.7. The number of rotatable bonds is 5. The molecule has 7 nitrogen and oxygen atoms in total. The van der Waals surface area contributed by atoms with Crippen molar-refractivity contribution >= 4 is 28.3 Å². The minimum absolute atomic E-state index is 0.00909. The zero-order valence-electron chi connectivity index (χ0n) is 15.8. The van der Waals surface area contributed by atoms with Crippen LogP contribution in [0.2, 0.25) is 0 Å². The Balaban J connectivity index is 1.39. The molecule has 1 N–H and O–H groups in total. The largest absolute Gasteiger partial charge is 0.338 e. The number of thiazole rings is 1. The number of carbonyl (C=O) groups is 2. The molecule has 4 rings (SSSR count). The van der Waals surface area contributed by atoms with Crippen LogP contribution in [0.5, 0.6) is 0 Å². The lowest BCUT2D eigenvalue weighted by Gasteiger charge is -2.16. The number of amides is 2. The molecule has 144 valence electrons. The monoisotopic (exact) mass is 395 g/mol. The van der Waals surface area contributed by atoms with E-state index in [1.54, 1.807) is 9.58 Å². The summed E-state index contributed by atoms with van der Waals surface area (Å²) in [5.74, 6) is -0.508. The van der Waals surface area contributed by atoms with Gasteiger partial charge in [-0.05, 0) is 12.5 Å². The molecule has 1 aromatic carbocycles. The predicted molar refractivity (Wildman–Crippen MR) is 108 cm³/mol. The van der Waals surface area contributed by atoms with Crippen LogP contribution in [0.15, 0.2) is 41.9 Å². The lowest BCUT2D eigenvalue weighted by molar-refractivity contribution is -0.128. The lowest BCUT2D eigenvalue weighted by atomic mass is 10.1. The summed E-state index contributed by atoms with van der Waals surface area (Å²) < 4.78 is 1.74. The van der Waals surface area contributed by atoms with Crippen molar-refractivity contribution in [3.8, 4) is 11.3 Å². The van der Waals surface area contributed by atoms with Gasteiger partial charge < -0.3 is 10.2 Å². The van der Waals surface area contributed by atoms with Crippen molar-refractivity contribution in [2.45, 2.75) is 19.9 Å². The van der Waals surface area contributed by atoms with Gasteiger partial charge in [0.1, 0.15) is 0 Å². The van der Waals surface area contributed by atoms with E-state index in [1.165, 1.54) is 11.3 Å². The van der Waals surface area contributed by atoms with Gasteiger partial charge in [-0.15, -0.1) is 11.3 Å². The smallest absolute Gasteiger partial charge is 0.231 e. The fourth-order valence-corrected chi connectivity index (χ4v) is 4.13. The van der Waals surface area contributed by atoms with Crippen LogP contribution in [0.25, 0.3) is 11.3 Å². The first kappa shape index (κ1) is 18.4. The van der Waals surface area contributed by atoms with Crippen LogP contribution in [0.1, 0.15) is 17.7 Å². The molecule has 1 fully saturated rings. The van der Waals surface area contributed by atoms with Crippen LogP contribution < -0.4 is 5.32 Å². The molecule has 0 saturated carbocycles. The van der Waals surface area contributed by atoms with Crippen LogP contribution in [-0.4, -0.2) is 38.0 Å². The second kappa shape index (κ2) is 7.55. The standard InChI is InChI=1S/C20H21N5O2S/c1-13-16(11-24(2)23-13)17-12-28-20(21-17)22-19(27)15-8-18(26)25(10-15)9-14-6-4-3-5-7-14/h3-7,11-12,15H,8-10H2,1-2H3,(H,21,22,27). The maximum atomic E-state index is 12.6. The van der Waals surface area contributed by atoms with E-state index in [-0.39, 0.29) is 24.2 Å². The predicted octanol–water partition coefficient (Wildman–Crippen LogP) is 2.84. The summed E-state index contributed by atoms with van der Waals surface area (Å²) in [6.07, 6.45) is 2.14. The van der Waals surface area contributed by atoms with Gasteiger partial charge in [0.2, 0.25) is 11.8 Å². The number of carbonyl (C=O) groups excluding carboxylic acids is 2. The van der Waals surface area contributed by atoms with Gasteiger partial charge in [-0.3, -0.25) is 14.3 Å². The summed E-state index contributed by atoms with van der Waals surface area (Å²) >= 11 is 1.38.